The third kappa shape index (κ3) is 3.91. The van der Waals surface area contributed by atoms with Crippen LogP contribution >= 0.6 is 0 Å². The fourth-order valence-corrected chi connectivity index (χ4v) is 3.76. The molecule has 30 heavy (non-hydrogen) atoms. The van der Waals surface area contributed by atoms with E-state index in [-0.39, 0.29) is 18.4 Å². The van der Waals surface area contributed by atoms with Crippen molar-refractivity contribution in [1.82, 2.24) is 9.78 Å². The quantitative estimate of drug-likeness (QED) is 0.658. The molecule has 1 aliphatic rings. The Labute approximate surface area is 175 Å². The largest absolute Gasteiger partial charge is 0.374 e. The maximum absolute atomic E-state index is 12.6. The summed E-state index contributed by atoms with van der Waals surface area (Å²) in [6, 6.07) is 17.4. The van der Waals surface area contributed by atoms with Crippen molar-refractivity contribution in [3.8, 4) is 5.69 Å². The molecule has 1 aromatic heterocycles. The molecule has 1 saturated heterocycles. The minimum atomic E-state index is -0.170. The SMILES string of the molecule is Cc1nn(-c2ccccc2)c(C)c1NC(=O)CNc1ccccc1N1CCCC1=O. The van der Waals surface area contributed by atoms with E-state index in [0.717, 1.165) is 34.9 Å². The molecule has 0 aliphatic carbocycles. The smallest absolute Gasteiger partial charge is 0.243 e. The highest BCUT2D eigenvalue weighted by Gasteiger charge is 2.24. The summed E-state index contributed by atoms with van der Waals surface area (Å²) in [6.45, 7) is 4.61. The van der Waals surface area contributed by atoms with Gasteiger partial charge in [0.1, 0.15) is 0 Å². The first-order chi connectivity index (χ1) is 14.5. The topological polar surface area (TPSA) is 79.3 Å². The van der Waals surface area contributed by atoms with Crippen LogP contribution in [0.15, 0.2) is 54.6 Å². The predicted octanol–water partition coefficient (Wildman–Crippen LogP) is 3.67. The van der Waals surface area contributed by atoms with Crippen LogP contribution in [0.2, 0.25) is 0 Å². The first-order valence-corrected chi connectivity index (χ1v) is 10.1. The summed E-state index contributed by atoms with van der Waals surface area (Å²) in [5.41, 5.74) is 4.88. The van der Waals surface area contributed by atoms with E-state index < -0.39 is 0 Å². The summed E-state index contributed by atoms with van der Waals surface area (Å²) in [6.07, 6.45) is 1.43. The molecule has 2 amide bonds. The number of hydrogen-bond acceptors (Lipinski definition) is 4. The summed E-state index contributed by atoms with van der Waals surface area (Å²) in [5, 5.41) is 10.7. The second-order valence-electron chi connectivity index (χ2n) is 7.36. The molecular weight excluding hydrogens is 378 g/mol. The van der Waals surface area contributed by atoms with Gasteiger partial charge in [0.2, 0.25) is 11.8 Å². The standard InChI is InChI=1S/C23H25N5O2/c1-16-23(17(2)28(26-16)18-9-4-3-5-10-18)25-21(29)15-24-19-11-6-7-12-20(19)27-14-8-13-22(27)30/h3-7,9-12,24H,8,13-15H2,1-2H3,(H,25,29). The Balaban J connectivity index is 1.46. The number of para-hydroxylation sites is 3. The number of carbonyl (C=O) groups excluding carboxylic acids is 2. The van der Waals surface area contributed by atoms with E-state index >= 15 is 0 Å². The molecular formula is C23H25N5O2. The molecule has 0 unspecified atom stereocenters. The Hall–Kier alpha value is -3.61. The molecule has 0 bridgehead atoms. The molecule has 7 heteroatoms. The molecule has 4 rings (SSSR count). The van der Waals surface area contributed by atoms with Gasteiger partial charge in [0.15, 0.2) is 0 Å². The summed E-state index contributed by atoms with van der Waals surface area (Å²) in [7, 11) is 0. The van der Waals surface area contributed by atoms with Crippen LogP contribution in [0.1, 0.15) is 24.2 Å². The molecule has 0 atom stereocenters. The number of anilines is 3. The normalized spacial score (nSPS) is 13.5. The minimum absolute atomic E-state index is 0.0917. The summed E-state index contributed by atoms with van der Waals surface area (Å²) < 4.78 is 1.83. The molecule has 154 valence electrons. The number of hydrogen-bond donors (Lipinski definition) is 2. The van der Waals surface area contributed by atoms with Gasteiger partial charge in [-0.2, -0.15) is 5.10 Å². The summed E-state index contributed by atoms with van der Waals surface area (Å²) >= 11 is 0. The number of amides is 2. The van der Waals surface area contributed by atoms with Crippen molar-refractivity contribution in [3.05, 3.63) is 66.0 Å². The van der Waals surface area contributed by atoms with Crippen molar-refractivity contribution >= 4 is 28.9 Å². The molecule has 1 fully saturated rings. The number of nitrogens with one attached hydrogen (secondary N) is 2. The van der Waals surface area contributed by atoms with Crippen molar-refractivity contribution in [3.63, 3.8) is 0 Å². The van der Waals surface area contributed by atoms with Gasteiger partial charge in [-0.15, -0.1) is 0 Å². The maximum Gasteiger partial charge on any atom is 0.243 e. The van der Waals surface area contributed by atoms with Gasteiger partial charge in [-0.25, -0.2) is 4.68 Å². The first-order valence-electron chi connectivity index (χ1n) is 10.1. The first kappa shape index (κ1) is 19.7. The number of rotatable bonds is 6. The van der Waals surface area contributed by atoms with Gasteiger partial charge in [-0.3, -0.25) is 9.59 Å². The molecule has 2 aromatic carbocycles. The number of benzene rings is 2. The lowest BCUT2D eigenvalue weighted by Gasteiger charge is -2.20. The Morgan fingerprint density at radius 1 is 1.07 bits per heavy atom. The molecule has 0 spiro atoms. The summed E-state index contributed by atoms with van der Waals surface area (Å²) in [5.74, 6) is -0.0513. The van der Waals surface area contributed by atoms with E-state index in [1.807, 2.05) is 73.1 Å². The average molecular weight is 403 g/mol. The summed E-state index contributed by atoms with van der Waals surface area (Å²) in [4.78, 5) is 26.5. The van der Waals surface area contributed by atoms with Gasteiger partial charge < -0.3 is 15.5 Å². The Bertz CT molecular complexity index is 1070. The number of aryl methyl sites for hydroxylation is 1. The van der Waals surface area contributed by atoms with Crippen LogP contribution < -0.4 is 15.5 Å². The molecule has 7 nitrogen and oxygen atoms in total. The van der Waals surface area contributed by atoms with Gasteiger partial charge >= 0.3 is 0 Å². The van der Waals surface area contributed by atoms with Crippen molar-refractivity contribution in [2.45, 2.75) is 26.7 Å². The van der Waals surface area contributed by atoms with Gasteiger partial charge in [0, 0.05) is 13.0 Å². The zero-order valence-electron chi connectivity index (χ0n) is 17.2. The lowest BCUT2D eigenvalue weighted by molar-refractivity contribution is -0.117. The van der Waals surface area contributed by atoms with E-state index in [1.165, 1.54) is 0 Å². The second kappa shape index (κ2) is 8.41. The van der Waals surface area contributed by atoms with Crippen LogP contribution in [0, 0.1) is 13.8 Å². The molecule has 1 aliphatic heterocycles. The highest BCUT2D eigenvalue weighted by Crippen LogP contribution is 2.29. The zero-order chi connectivity index (χ0) is 21.1. The van der Waals surface area contributed by atoms with Gasteiger partial charge in [-0.05, 0) is 44.5 Å². The number of nitrogens with zero attached hydrogens (tertiary/aromatic N) is 3. The van der Waals surface area contributed by atoms with Gasteiger partial charge in [-0.1, -0.05) is 30.3 Å². The van der Waals surface area contributed by atoms with Crippen LogP contribution in [0.5, 0.6) is 0 Å². The van der Waals surface area contributed by atoms with Crippen LogP contribution in [-0.4, -0.2) is 34.7 Å². The fourth-order valence-electron chi connectivity index (χ4n) is 3.76. The van der Waals surface area contributed by atoms with Crippen LogP contribution in [0.4, 0.5) is 17.1 Å². The molecule has 2 N–H and O–H groups in total. The molecule has 0 radical (unpaired) electrons. The van der Waals surface area contributed by atoms with Crippen LogP contribution in [0.25, 0.3) is 5.69 Å². The van der Waals surface area contributed by atoms with Crippen molar-refractivity contribution in [2.24, 2.45) is 0 Å². The third-order valence-corrected chi connectivity index (χ3v) is 5.26. The van der Waals surface area contributed by atoms with Crippen molar-refractivity contribution in [2.75, 3.05) is 28.6 Å². The molecule has 2 heterocycles. The highest BCUT2D eigenvalue weighted by atomic mass is 16.2. The van der Waals surface area contributed by atoms with E-state index in [2.05, 4.69) is 15.7 Å². The van der Waals surface area contributed by atoms with Gasteiger partial charge in [0.25, 0.3) is 0 Å². The lowest BCUT2D eigenvalue weighted by Crippen LogP contribution is -2.27. The second-order valence-corrected chi connectivity index (χ2v) is 7.36. The van der Waals surface area contributed by atoms with Crippen LogP contribution in [0.3, 0.4) is 0 Å². The molecule has 0 saturated carbocycles. The predicted molar refractivity (Wildman–Crippen MR) is 118 cm³/mol. The van der Waals surface area contributed by atoms with Crippen LogP contribution in [-0.2, 0) is 9.59 Å². The fraction of sp³-hybridized carbons (Fsp3) is 0.261. The monoisotopic (exact) mass is 403 g/mol. The Kier molecular flexibility index (Phi) is 5.52. The number of carbonyl (C=O) groups is 2. The highest BCUT2D eigenvalue weighted by molar-refractivity contribution is 5.99. The van der Waals surface area contributed by atoms with E-state index in [4.69, 9.17) is 0 Å². The maximum atomic E-state index is 12.6. The van der Waals surface area contributed by atoms with Crippen molar-refractivity contribution < 1.29 is 9.59 Å². The lowest BCUT2D eigenvalue weighted by atomic mass is 10.2. The molecule has 3 aromatic rings. The van der Waals surface area contributed by atoms with E-state index in [0.29, 0.717) is 18.7 Å². The zero-order valence-corrected chi connectivity index (χ0v) is 17.2. The Morgan fingerprint density at radius 2 is 1.80 bits per heavy atom. The minimum Gasteiger partial charge on any atom is -0.374 e. The number of aromatic nitrogens is 2. The van der Waals surface area contributed by atoms with E-state index in [9.17, 15) is 9.59 Å². The Morgan fingerprint density at radius 3 is 2.53 bits per heavy atom. The van der Waals surface area contributed by atoms with Gasteiger partial charge in [0.05, 0.1) is 40.7 Å². The van der Waals surface area contributed by atoms with E-state index in [1.54, 1.807) is 4.90 Å². The average Bonchev–Trinajstić information content (AvgIpc) is 3.31. The third-order valence-electron chi connectivity index (χ3n) is 5.26. The van der Waals surface area contributed by atoms with Crippen molar-refractivity contribution in [1.29, 1.82) is 0 Å².